The number of hydrogen-bond acceptors (Lipinski definition) is 6. The van der Waals surface area contributed by atoms with E-state index in [9.17, 15) is 9.59 Å². The molecule has 0 amide bonds. The van der Waals surface area contributed by atoms with E-state index in [0.717, 1.165) is 6.08 Å². The molecular weight excluding hydrogens is 282 g/mol. The van der Waals surface area contributed by atoms with Gasteiger partial charge in [0.1, 0.15) is 0 Å². The number of isocyanates is 3. The molecule has 6 heteroatoms. The second-order valence-electron chi connectivity index (χ2n) is 3.91. The molecule has 0 bridgehead atoms. The highest BCUT2D eigenvalue weighted by Crippen LogP contribution is 2.34. The minimum Gasteiger partial charge on any atom is -0.222 e. The Morgan fingerprint density at radius 3 is 1.32 bits per heavy atom. The van der Waals surface area contributed by atoms with Gasteiger partial charge in [0.2, 0.25) is 23.9 Å². The van der Waals surface area contributed by atoms with Crippen molar-refractivity contribution in [2.75, 3.05) is 0 Å². The quantitative estimate of drug-likeness (QED) is 0.692. The molecule has 0 heterocycles. The maximum absolute atomic E-state index is 10.8. The van der Waals surface area contributed by atoms with Crippen LogP contribution in [0.2, 0.25) is 0 Å². The van der Waals surface area contributed by atoms with Crippen LogP contribution in [0.25, 0.3) is 0 Å². The Morgan fingerprint density at radius 2 is 1.05 bits per heavy atom. The average Bonchev–Trinajstić information content (AvgIpc) is 2.57. The number of nitrogens with zero attached hydrogens (tertiary/aromatic N) is 2. The highest BCUT2D eigenvalue weighted by molar-refractivity contribution is 5.49. The minimum atomic E-state index is -1.41. The smallest absolute Gasteiger partial charge is 0.222 e. The van der Waals surface area contributed by atoms with Crippen LogP contribution >= 0.6 is 0 Å². The van der Waals surface area contributed by atoms with Crippen LogP contribution in [0, 0.1) is 5.41 Å². The first-order valence-electron chi connectivity index (χ1n) is 6.08. The summed E-state index contributed by atoms with van der Waals surface area (Å²) in [6, 6.07) is 17.8. The molecule has 0 saturated carbocycles. The fourth-order valence-corrected chi connectivity index (χ4v) is 1.92. The molecule has 6 nitrogen and oxygen atoms in total. The first kappa shape index (κ1) is 16.6. The molecule has 108 valence electrons. The number of hydrogen-bond donors (Lipinski definition) is 1. The SMILES string of the molecule is N=C=O.O=C=NC(N=C=O)(c1ccccc1)c1ccccc1. The van der Waals surface area contributed by atoms with Gasteiger partial charge in [0.25, 0.3) is 0 Å². The third-order valence-corrected chi connectivity index (χ3v) is 2.77. The van der Waals surface area contributed by atoms with Gasteiger partial charge in [-0.15, -0.1) is 0 Å². The molecule has 0 spiro atoms. The molecule has 0 unspecified atom stereocenters. The van der Waals surface area contributed by atoms with E-state index < -0.39 is 5.66 Å². The Labute approximate surface area is 126 Å². The standard InChI is InChI=1S/C15H10N2O2.CHNO/c18-11-16-15(17-12-19,13-7-3-1-4-8-13)14-9-5-2-6-10-14;2-1-3/h1-10H;2H. The Morgan fingerprint density at radius 1 is 0.727 bits per heavy atom. The molecule has 0 saturated heterocycles. The second-order valence-corrected chi connectivity index (χ2v) is 3.91. The van der Waals surface area contributed by atoms with Gasteiger partial charge in [-0.25, -0.2) is 19.8 Å². The van der Waals surface area contributed by atoms with Gasteiger partial charge in [-0.2, -0.15) is 9.98 Å². The van der Waals surface area contributed by atoms with Crippen LogP contribution in [-0.4, -0.2) is 18.2 Å². The van der Waals surface area contributed by atoms with Crippen LogP contribution in [0.4, 0.5) is 0 Å². The Hall–Kier alpha value is -3.42. The van der Waals surface area contributed by atoms with Crippen LogP contribution in [0.3, 0.4) is 0 Å². The summed E-state index contributed by atoms with van der Waals surface area (Å²) in [6.45, 7) is 0. The van der Waals surface area contributed by atoms with E-state index in [4.69, 9.17) is 10.2 Å². The lowest BCUT2D eigenvalue weighted by Crippen LogP contribution is -2.22. The van der Waals surface area contributed by atoms with Gasteiger partial charge in [-0.1, -0.05) is 60.7 Å². The summed E-state index contributed by atoms with van der Waals surface area (Å²) in [5, 5.41) is 5.40. The molecule has 2 aromatic rings. The molecular formula is C16H11N3O3. The van der Waals surface area contributed by atoms with Crippen molar-refractivity contribution < 1.29 is 14.4 Å². The first-order chi connectivity index (χ1) is 10.7. The topological polar surface area (TPSA) is 99.8 Å². The summed E-state index contributed by atoms with van der Waals surface area (Å²) in [4.78, 5) is 37.4. The van der Waals surface area contributed by atoms with Crippen molar-refractivity contribution in [3.05, 3.63) is 71.8 Å². The lowest BCUT2D eigenvalue weighted by Gasteiger charge is -2.22. The number of nitrogens with one attached hydrogen (secondary N) is 1. The van der Waals surface area contributed by atoms with Crippen molar-refractivity contribution in [2.24, 2.45) is 9.98 Å². The molecule has 0 aromatic heterocycles. The molecule has 0 aliphatic heterocycles. The Bertz CT molecular complexity index is 666. The van der Waals surface area contributed by atoms with Crippen molar-refractivity contribution in [1.29, 1.82) is 5.41 Å². The van der Waals surface area contributed by atoms with Gasteiger partial charge in [0, 0.05) is 11.1 Å². The largest absolute Gasteiger partial charge is 0.238 e. The van der Waals surface area contributed by atoms with Crippen LogP contribution in [-0.2, 0) is 20.0 Å². The van der Waals surface area contributed by atoms with Crippen molar-refractivity contribution in [3.8, 4) is 0 Å². The molecule has 0 aliphatic carbocycles. The number of carbonyl (C=O) groups excluding carboxylic acids is 3. The molecule has 0 radical (unpaired) electrons. The van der Waals surface area contributed by atoms with E-state index in [1.54, 1.807) is 48.5 Å². The zero-order chi connectivity index (χ0) is 16.3. The predicted molar refractivity (Wildman–Crippen MR) is 78.3 cm³/mol. The van der Waals surface area contributed by atoms with Crippen LogP contribution < -0.4 is 0 Å². The summed E-state index contributed by atoms with van der Waals surface area (Å²) < 4.78 is 0. The molecule has 0 aliphatic rings. The van der Waals surface area contributed by atoms with E-state index >= 15 is 0 Å². The minimum absolute atomic E-state index is 0.605. The molecule has 0 fully saturated rings. The lowest BCUT2D eigenvalue weighted by atomic mass is 9.92. The average molecular weight is 293 g/mol. The van der Waals surface area contributed by atoms with Gasteiger partial charge in [0.15, 0.2) is 0 Å². The lowest BCUT2D eigenvalue weighted by molar-refractivity contribution is 0.516. The summed E-state index contributed by atoms with van der Waals surface area (Å²) in [6.07, 6.45) is 3.74. The number of aliphatic imine (C=N–C) groups is 2. The fraction of sp³-hybridized carbons (Fsp3) is 0.0625. The maximum Gasteiger partial charge on any atom is 0.238 e. The number of rotatable bonds is 4. The molecule has 2 aromatic carbocycles. The molecule has 0 atom stereocenters. The highest BCUT2D eigenvalue weighted by atomic mass is 16.1. The fourth-order valence-electron chi connectivity index (χ4n) is 1.92. The van der Waals surface area contributed by atoms with E-state index in [0.29, 0.717) is 11.1 Å². The van der Waals surface area contributed by atoms with Gasteiger partial charge < -0.3 is 0 Å². The van der Waals surface area contributed by atoms with Gasteiger partial charge in [0.05, 0.1) is 0 Å². The Balaban J connectivity index is 0.000000745. The van der Waals surface area contributed by atoms with Crippen molar-refractivity contribution >= 4 is 18.2 Å². The van der Waals surface area contributed by atoms with Gasteiger partial charge >= 0.3 is 0 Å². The molecule has 2 rings (SSSR count). The van der Waals surface area contributed by atoms with Crippen molar-refractivity contribution in [1.82, 2.24) is 0 Å². The van der Waals surface area contributed by atoms with Crippen LogP contribution in [0.15, 0.2) is 70.6 Å². The third-order valence-electron chi connectivity index (χ3n) is 2.77. The van der Waals surface area contributed by atoms with Gasteiger partial charge in [-0.3, -0.25) is 0 Å². The van der Waals surface area contributed by atoms with E-state index in [1.807, 2.05) is 12.1 Å². The maximum atomic E-state index is 10.8. The van der Waals surface area contributed by atoms with E-state index in [-0.39, 0.29) is 0 Å². The second kappa shape index (κ2) is 8.69. The van der Waals surface area contributed by atoms with Crippen molar-refractivity contribution in [2.45, 2.75) is 5.66 Å². The van der Waals surface area contributed by atoms with Crippen molar-refractivity contribution in [3.63, 3.8) is 0 Å². The predicted octanol–water partition coefficient (Wildman–Crippen LogP) is 2.46. The zero-order valence-electron chi connectivity index (χ0n) is 11.4. The highest BCUT2D eigenvalue weighted by Gasteiger charge is 2.33. The zero-order valence-corrected chi connectivity index (χ0v) is 11.4. The summed E-state index contributed by atoms with van der Waals surface area (Å²) in [5.74, 6) is 0. The third kappa shape index (κ3) is 3.79. The molecule has 22 heavy (non-hydrogen) atoms. The summed E-state index contributed by atoms with van der Waals surface area (Å²) >= 11 is 0. The van der Waals surface area contributed by atoms with E-state index in [1.165, 1.54) is 12.2 Å². The van der Waals surface area contributed by atoms with Gasteiger partial charge in [-0.05, 0) is 0 Å². The monoisotopic (exact) mass is 293 g/mol. The summed E-state index contributed by atoms with van der Waals surface area (Å²) in [7, 11) is 0. The first-order valence-corrected chi connectivity index (χ1v) is 6.08. The summed E-state index contributed by atoms with van der Waals surface area (Å²) in [5.41, 5.74) is -0.202. The van der Waals surface area contributed by atoms with Crippen LogP contribution in [0.5, 0.6) is 0 Å². The number of benzene rings is 2. The molecule has 1 N–H and O–H groups in total. The van der Waals surface area contributed by atoms with Crippen LogP contribution in [0.1, 0.15) is 11.1 Å². The van der Waals surface area contributed by atoms with E-state index in [2.05, 4.69) is 9.98 Å². The normalized spacial score (nSPS) is 9.09. The Kier molecular flexibility index (Phi) is 6.57.